The molecular formula is C21H24ClN3O6S. The summed E-state index contributed by atoms with van der Waals surface area (Å²) in [6, 6.07) is 9.05. The molecule has 0 spiro atoms. The number of rotatable bonds is 7. The zero-order valence-corrected chi connectivity index (χ0v) is 19.5. The first-order chi connectivity index (χ1) is 15.1. The Hall–Kier alpha value is -2.82. The third-order valence-electron chi connectivity index (χ3n) is 4.77. The van der Waals surface area contributed by atoms with Crippen molar-refractivity contribution in [3.63, 3.8) is 0 Å². The van der Waals surface area contributed by atoms with E-state index in [0.29, 0.717) is 30.4 Å². The highest BCUT2D eigenvalue weighted by Crippen LogP contribution is 2.32. The number of benzene rings is 2. The van der Waals surface area contributed by atoms with Gasteiger partial charge in [-0.25, -0.2) is 12.7 Å². The summed E-state index contributed by atoms with van der Waals surface area (Å²) in [4.78, 5) is 26.7. The van der Waals surface area contributed by atoms with Crippen LogP contribution in [0.4, 0.5) is 5.69 Å². The summed E-state index contributed by atoms with van der Waals surface area (Å²) < 4.78 is 36.9. The molecule has 172 valence electrons. The fourth-order valence-corrected chi connectivity index (χ4v) is 4.43. The van der Waals surface area contributed by atoms with Crippen LogP contribution in [-0.2, 0) is 14.8 Å². The highest BCUT2D eigenvalue weighted by atomic mass is 35.5. The van der Waals surface area contributed by atoms with Crippen LogP contribution in [0.25, 0.3) is 0 Å². The van der Waals surface area contributed by atoms with Crippen LogP contribution in [0.15, 0.2) is 41.3 Å². The van der Waals surface area contributed by atoms with Crippen molar-refractivity contribution in [2.75, 3.05) is 45.7 Å². The normalized spacial score (nSPS) is 13.0. The molecule has 1 N–H and O–H groups in total. The van der Waals surface area contributed by atoms with Gasteiger partial charge in [0.25, 0.3) is 5.91 Å². The minimum absolute atomic E-state index is 0.00893. The van der Waals surface area contributed by atoms with E-state index in [-0.39, 0.29) is 28.6 Å². The summed E-state index contributed by atoms with van der Waals surface area (Å²) in [5, 5.41) is 2.74. The van der Waals surface area contributed by atoms with Gasteiger partial charge in [-0.1, -0.05) is 11.6 Å². The number of carbonyl (C=O) groups is 2. The first kappa shape index (κ1) is 23.8. The number of carbonyl (C=O) groups excluding carboxylic acids is 2. The first-order valence-corrected chi connectivity index (χ1v) is 11.7. The number of sulfonamides is 1. The van der Waals surface area contributed by atoms with Crippen molar-refractivity contribution in [2.24, 2.45) is 0 Å². The molecule has 1 aliphatic rings. The molecule has 0 bridgehead atoms. The molecular weight excluding hydrogens is 458 g/mol. The molecule has 2 amide bonds. The van der Waals surface area contributed by atoms with E-state index >= 15 is 0 Å². The summed E-state index contributed by atoms with van der Waals surface area (Å²) in [6.07, 6.45) is 0. The molecule has 0 saturated heterocycles. The van der Waals surface area contributed by atoms with Crippen molar-refractivity contribution in [1.29, 1.82) is 0 Å². The molecule has 0 saturated carbocycles. The lowest BCUT2D eigenvalue weighted by atomic mass is 10.2. The zero-order valence-electron chi connectivity index (χ0n) is 17.9. The molecule has 0 aliphatic carbocycles. The van der Waals surface area contributed by atoms with Crippen molar-refractivity contribution >= 4 is 39.1 Å². The van der Waals surface area contributed by atoms with E-state index in [1.807, 2.05) is 0 Å². The molecule has 0 fully saturated rings. The molecule has 2 aromatic rings. The van der Waals surface area contributed by atoms with Gasteiger partial charge >= 0.3 is 0 Å². The van der Waals surface area contributed by atoms with Gasteiger partial charge in [-0.2, -0.15) is 0 Å². The number of fused-ring (bicyclic) bond motifs is 1. The van der Waals surface area contributed by atoms with Gasteiger partial charge < -0.3 is 19.7 Å². The van der Waals surface area contributed by atoms with Crippen LogP contribution in [0.3, 0.4) is 0 Å². The van der Waals surface area contributed by atoms with Gasteiger partial charge in [-0.05, 0) is 37.3 Å². The van der Waals surface area contributed by atoms with E-state index < -0.39 is 21.8 Å². The van der Waals surface area contributed by atoms with Gasteiger partial charge in [-0.3, -0.25) is 9.59 Å². The van der Waals surface area contributed by atoms with Gasteiger partial charge in [0.1, 0.15) is 24.7 Å². The highest BCUT2D eigenvalue weighted by molar-refractivity contribution is 7.89. The van der Waals surface area contributed by atoms with E-state index in [1.165, 1.54) is 37.2 Å². The van der Waals surface area contributed by atoms with E-state index in [0.717, 1.165) is 4.31 Å². The minimum Gasteiger partial charge on any atom is -0.486 e. The number of nitrogens with zero attached hydrogens (tertiary/aromatic N) is 2. The second-order valence-corrected chi connectivity index (χ2v) is 9.69. The average Bonchev–Trinajstić information content (AvgIpc) is 2.77. The fraction of sp³-hybridized carbons (Fsp3) is 0.333. The van der Waals surface area contributed by atoms with Crippen molar-refractivity contribution in [1.82, 2.24) is 9.21 Å². The van der Waals surface area contributed by atoms with Crippen LogP contribution in [0, 0.1) is 0 Å². The molecule has 9 nitrogen and oxygen atoms in total. The molecule has 11 heteroatoms. The molecule has 32 heavy (non-hydrogen) atoms. The number of ether oxygens (including phenoxy) is 2. The quantitative estimate of drug-likeness (QED) is 0.651. The Morgan fingerprint density at radius 3 is 2.41 bits per heavy atom. The summed E-state index contributed by atoms with van der Waals surface area (Å²) in [6.45, 7) is 2.64. The standard InChI is InChI=1S/C21H24ClN3O6S/c1-4-25(13-20(26)23-15-6-8-17-18(12-15)31-10-9-30-17)21(27)14-5-7-16(22)19(11-14)32(28,29)24(2)3/h5-8,11-12H,4,9-10,13H2,1-3H3,(H,23,26). The number of hydrogen-bond donors (Lipinski definition) is 1. The Morgan fingerprint density at radius 1 is 1.06 bits per heavy atom. The fourth-order valence-electron chi connectivity index (χ4n) is 3.04. The zero-order chi connectivity index (χ0) is 23.5. The Labute approximate surface area is 191 Å². The van der Waals surface area contributed by atoms with Crippen LogP contribution < -0.4 is 14.8 Å². The molecule has 0 unspecified atom stereocenters. The summed E-state index contributed by atoms with van der Waals surface area (Å²) in [5.74, 6) is 0.239. The molecule has 1 aliphatic heterocycles. The molecule has 0 aromatic heterocycles. The molecule has 3 rings (SSSR count). The predicted molar refractivity (Wildman–Crippen MR) is 120 cm³/mol. The third kappa shape index (κ3) is 5.14. The Balaban J connectivity index is 1.74. The summed E-state index contributed by atoms with van der Waals surface area (Å²) in [5.41, 5.74) is 0.623. The maximum Gasteiger partial charge on any atom is 0.254 e. The lowest BCUT2D eigenvalue weighted by Gasteiger charge is -2.22. The minimum atomic E-state index is -3.84. The van der Waals surface area contributed by atoms with Gasteiger partial charge in [0.15, 0.2) is 11.5 Å². The molecule has 2 aromatic carbocycles. The highest BCUT2D eigenvalue weighted by Gasteiger charge is 2.24. The second kappa shape index (κ2) is 9.76. The maximum absolute atomic E-state index is 13.0. The van der Waals surface area contributed by atoms with Gasteiger partial charge in [-0.15, -0.1) is 0 Å². The van der Waals surface area contributed by atoms with Crippen LogP contribution in [0.2, 0.25) is 5.02 Å². The van der Waals surface area contributed by atoms with Gasteiger partial charge in [0, 0.05) is 38.0 Å². The first-order valence-electron chi connectivity index (χ1n) is 9.84. The van der Waals surface area contributed by atoms with E-state index in [4.69, 9.17) is 21.1 Å². The monoisotopic (exact) mass is 481 g/mol. The van der Waals surface area contributed by atoms with Crippen molar-refractivity contribution in [3.8, 4) is 11.5 Å². The molecule has 0 radical (unpaired) electrons. The van der Waals surface area contributed by atoms with Crippen LogP contribution in [-0.4, -0.2) is 69.8 Å². The second-order valence-electron chi connectivity index (χ2n) is 7.16. The number of nitrogens with one attached hydrogen (secondary N) is 1. The number of amides is 2. The Morgan fingerprint density at radius 2 is 1.75 bits per heavy atom. The van der Waals surface area contributed by atoms with Gasteiger partial charge in [0.2, 0.25) is 15.9 Å². The van der Waals surface area contributed by atoms with Crippen LogP contribution >= 0.6 is 11.6 Å². The lowest BCUT2D eigenvalue weighted by Crippen LogP contribution is -2.38. The SMILES string of the molecule is CCN(CC(=O)Nc1ccc2c(c1)OCCO2)C(=O)c1ccc(Cl)c(S(=O)(=O)N(C)C)c1. The predicted octanol–water partition coefficient (Wildman–Crippen LogP) is 2.46. The van der Waals surface area contributed by atoms with Crippen molar-refractivity contribution in [3.05, 3.63) is 47.0 Å². The summed E-state index contributed by atoms with van der Waals surface area (Å²) >= 11 is 6.05. The molecule has 0 atom stereocenters. The van der Waals surface area contributed by atoms with Gasteiger partial charge in [0.05, 0.1) is 5.02 Å². The van der Waals surface area contributed by atoms with Crippen LogP contribution in [0.5, 0.6) is 11.5 Å². The smallest absolute Gasteiger partial charge is 0.254 e. The Kier molecular flexibility index (Phi) is 7.27. The average molecular weight is 482 g/mol. The summed E-state index contributed by atoms with van der Waals surface area (Å²) in [7, 11) is -1.09. The number of halogens is 1. The number of anilines is 1. The van der Waals surface area contributed by atoms with Crippen molar-refractivity contribution in [2.45, 2.75) is 11.8 Å². The number of likely N-dealkylation sites (N-methyl/N-ethyl adjacent to an activating group) is 1. The largest absolute Gasteiger partial charge is 0.486 e. The van der Waals surface area contributed by atoms with E-state index in [1.54, 1.807) is 25.1 Å². The van der Waals surface area contributed by atoms with E-state index in [9.17, 15) is 18.0 Å². The van der Waals surface area contributed by atoms with Crippen molar-refractivity contribution < 1.29 is 27.5 Å². The third-order valence-corrected chi connectivity index (χ3v) is 7.06. The topological polar surface area (TPSA) is 105 Å². The molecule has 1 heterocycles. The van der Waals surface area contributed by atoms with E-state index in [2.05, 4.69) is 5.32 Å². The number of hydrogen-bond acceptors (Lipinski definition) is 6. The van der Waals surface area contributed by atoms with Crippen LogP contribution in [0.1, 0.15) is 17.3 Å². The lowest BCUT2D eigenvalue weighted by molar-refractivity contribution is -0.116. The Bertz CT molecular complexity index is 1140. The maximum atomic E-state index is 13.0.